The van der Waals surface area contributed by atoms with Gasteiger partial charge in [0.2, 0.25) is 5.91 Å². The summed E-state index contributed by atoms with van der Waals surface area (Å²) >= 11 is 6.08. The van der Waals surface area contributed by atoms with E-state index in [1.807, 2.05) is 0 Å². The van der Waals surface area contributed by atoms with Crippen molar-refractivity contribution in [3.8, 4) is 0 Å². The van der Waals surface area contributed by atoms with Crippen LogP contribution in [0.4, 0.5) is 5.69 Å². The Morgan fingerprint density at radius 1 is 1.07 bits per heavy atom. The van der Waals surface area contributed by atoms with E-state index in [9.17, 15) is 14.4 Å². The van der Waals surface area contributed by atoms with Crippen LogP contribution in [0.2, 0.25) is 5.02 Å². The number of fused-ring (bicyclic) bond motifs is 1. The first-order valence-electron chi connectivity index (χ1n) is 10.1. The molecule has 1 aromatic carbocycles. The Hall–Kier alpha value is -2.61. The topological polar surface area (TPSA) is 89.2 Å². The van der Waals surface area contributed by atoms with Gasteiger partial charge in [-0.2, -0.15) is 5.10 Å². The highest BCUT2D eigenvalue weighted by Gasteiger charge is 2.23. The van der Waals surface area contributed by atoms with E-state index in [4.69, 9.17) is 11.6 Å². The van der Waals surface area contributed by atoms with Crippen LogP contribution in [0.3, 0.4) is 0 Å². The molecule has 9 heteroatoms. The first kappa shape index (κ1) is 19.7. The fourth-order valence-electron chi connectivity index (χ4n) is 3.95. The normalized spacial score (nSPS) is 16.4. The van der Waals surface area contributed by atoms with Crippen LogP contribution in [-0.2, 0) is 24.3 Å². The molecule has 2 aromatic rings. The van der Waals surface area contributed by atoms with E-state index in [1.54, 1.807) is 27.7 Å². The molecule has 2 aliphatic rings. The van der Waals surface area contributed by atoms with E-state index < -0.39 is 5.91 Å². The Labute approximate surface area is 173 Å². The lowest BCUT2D eigenvalue weighted by Crippen LogP contribution is -2.31. The smallest absolute Gasteiger partial charge is 0.339 e. The van der Waals surface area contributed by atoms with Gasteiger partial charge in [0.15, 0.2) is 0 Å². The van der Waals surface area contributed by atoms with Crippen LogP contribution in [0.1, 0.15) is 48.3 Å². The van der Waals surface area contributed by atoms with Crippen molar-refractivity contribution in [3.63, 3.8) is 0 Å². The lowest BCUT2D eigenvalue weighted by Gasteiger charge is -2.18. The average molecular weight is 418 g/mol. The highest BCUT2D eigenvalue weighted by molar-refractivity contribution is 6.31. The number of nitrogens with zero attached hydrogens (tertiary/aromatic N) is 4. The van der Waals surface area contributed by atoms with Gasteiger partial charge in [-0.15, -0.1) is 0 Å². The predicted octanol–water partition coefficient (Wildman–Crippen LogP) is 2.30. The molecule has 0 unspecified atom stereocenters. The Kier molecular flexibility index (Phi) is 5.71. The molecule has 8 nitrogen and oxygen atoms in total. The third-order valence-electron chi connectivity index (χ3n) is 5.45. The van der Waals surface area contributed by atoms with Gasteiger partial charge in [0.05, 0.1) is 11.3 Å². The Bertz CT molecular complexity index is 990. The number of rotatable bonds is 4. The van der Waals surface area contributed by atoms with E-state index in [-0.39, 0.29) is 18.1 Å². The van der Waals surface area contributed by atoms with E-state index in [0.717, 1.165) is 44.3 Å². The van der Waals surface area contributed by atoms with E-state index in [0.29, 0.717) is 35.9 Å². The Morgan fingerprint density at radius 3 is 2.62 bits per heavy atom. The predicted molar refractivity (Wildman–Crippen MR) is 109 cm³/mol. The van der Waals surface area contributed by atoms with Gasteiger partial charge in [-0.25, -0.2) is 9.48 Å². The summed E-state index contributed by atoms with van der Waals surface area (Å²) in [7, 11) is 0. The Morgan fingerprint density at radius 2 is 1.83 bits per heavy atom. The van der Waals surface area contributed by atoms with Gasteiger partial charge >= 0.3 is 5.69 Å². The van der Waals surface area contributed by atoms with Crippen LogP contribution < -0.4 is 11.0 Å². The number of anilines is 1. The summed E-state index contributed by atoms with van der Waals surface area (Å²) < 4.78 is 2.86. The summed E-state index contributed by atoms with van der Waals surface area (Å²) in [5.74, 6) is 0.181. The van der Waals surface area contributed by atoms with Crippen molar-refractivity contribution in [3.05, 3.63) is 45.1 Å². The van der Waals surface area contributed by atoms with Gasteiger partial charge in [-0.05, 0) is 43.9 Å². The average Bonchev–Trinajstić information content (AvgIpc) is 3.26. The van der Waals surface area contributed by atoms with Crippen molar-refractivity contribution < 1.29 is 9.59 Å². The van der Waals surface area contributed by atoms with E-state index in [2.05, 4.69) is 10.4 Å². The highest BCUT2D eigenvalue weighted by atomic mass is 35.5. The maximum Gasteiger partial charge on any atom is 0.346 e. The molecule has 4 rings (SSSR count). The van der Waals surface area contributed by atoms with Crippen molar-refractivity contribution in [1.82, 2.24) is 19.2 Å². The summed E-state index contributed by atoms with van der Waals surface area (Å²) in [6.07, 6.45) is 5.71. The minimum atomic E-state index is -0.404. The third kappa shape index (κ3) is 4.22. The summed E-state index contributed by atoms with van der Waals surface area (Å²) in [4.78, 5) is 39.8. The fourth-order valence-corrected chi connectivity index (χ4v) is 4.12. The number of halogens is 1. The highest BCUT2D eigenvalue weighted by Crippen LogP contribution is 2.24. The molecule has 2 aliphatic heterocycles. The first-order chi connectivity index (χ1) is 14.0. The van der Waals surface area contributed by atoms with Gasteiger partial charge in [-0.3, -0.25) is 14.2 Å². The number of nitrogens with one attached hydrogen (secondary N) is 1. The van der Waals surface area contributed by atoms with Gasteiger partial charge in [-0.1, -0.05) is 18.0 Å². The molecule has 0 bridgehead atoms. The molecule has 0 atom stereocenters. The van der Waals surface area contributed by atoms with Crippen molar-refractivity contribution >= 4 is 29.1 Å². The molecule has 3 heterocycles. The van der Waals surface area contributed by atoms with Crippen LogP contribution in [0, 0.1) is 0 Å². The van der Waals surface area contributed by atoms with Gasteiger partial charge in [0.25, 0.3) is 5.91 Å². The van der Waals surface area contributed by atoms with E-state index in [1.165, 1.54) is 4.68 Å². The second kappa shape index (κ2) is 8.41. The number of amides is 2. The molecule has 0 radical (unpaired) electrons. The summed E-state index contributed by atoms with van der Waals surface area (Å²) in [5, 5.41) is 7.52. The maximum atomic E-state index is 12.8. The molecule has 1 aromatic heterocycles. The van der Waals surface area contributed by atoms with Crippen LogP contribution in [-0.4, -0.2) is 44.2 Å². The molecule has 154 valence electrons. The lowest BCUT2D eigenvalue weighted by molar-refractivity contribution is -0.117. The van der Waals surface area contributed by atoms with Gasteiger partial charge in [0, 0.05) is 31.1 Å². The van der Waals surface area contributed by atoms with Gasteiger partial charge in [0.1, 0.15) is 12.4 Å². The summed E-state index contributed by atoms with van der Waals surface area (Å²) in [6, 6.07) is 4.82. The third-order valence-corrected chi connectivity index (χ3v) is 5.69. The monoisotopic (exact) mass is 417 g/mol. The number of aryl methyl sites for hydroxylation is 1. The molecule has 0 spiro atoms. The van der Waals surface area contributed by atoms with Crippen molar-refractivity contribution in [1.29, 1.82) is 0 Å². The summed E-state index contributed by atoms with van der Waals surface area (Å²) in [6.45, 7) is 1.85. The number of hydrogen-bond acceptors (Lipinski definition) is 4. The Balaban J connectivity index is 1.52. The van der Waals surface area contributed by atoms with Crippen molar-refractivity contribution in [2.75, 3.05) is 18.4 Å². The number of hydrogen-bond donors (Lipinski definition) is 1. The number of aromatic nitrogens is 3. The molecule has 0 saturated carbocycles. The lowest BCUT2D eigenvalue weighted by atomic mass is 10.1. The molecule has 1 fully saturated rings. The second-order valence-corrected chi connectivity index (χ2v) is 7.99. The zero-order valence-corrected chi connectivity index (χ0v) is 17.0. The quantitative estimate of drug-likeness (QED) is 0.826. The van der Waals surface area contributed by atoms with Crippen molar-refractivity contribution in [2.45, 2.75) is 51.6 Å². The maximum absolute atomic E-state index is 12.8. The van der Waals surface area contributed by atoms with Crippen LogP contribution in [0.15, 0.2) is 23.0 Å². The number of carbonyl (C=O) groups is 2. The molecular formula is C20H24ClN5O3. The minimum absolute atomic E-state index is 0.147. The summed E-state index contributed by atoms with van der Waals surface area (Å²) in [5.41, 5.74) is 0.493. The number of benzene rings is 1. The molecule has 1 saturated heterocycles. The van der Waals surface area contributed by atoms with E-state index >= 15 is 0 Å². The molecule has 29 heavy (non-hydrogen) atoms. The standard InChI is InChI=1S/C20H24ClN5O3/c21-14-7-8-16(15(12-14)19(28)24-9-4-5-10-24)22-18(27)13-26-20(29)25-11-3-1-2-6-17(25)23-26/h7-8,12H,1-6,9-11,13H2,(H,22,27). The van der Waals surface area contributed by atoms with Gasteiger partial charge < -0.3 is 10.2 Å². The fraction of sp³-hybridized carbons (Fsp3) is 0.500. The molecule has 0 aliphatic carbocycles. The SMILES string of the molecule is O=C(Cn1nc2n(c1=O)CCCCC2)Nc1ccc(Cl)cc1C(=O)N1CCCC1. The molecule has 2 amide bonds. The molecule has 1 N–H and O–H groups in total. The van der Waals surface area contributed by atoms with Crippen LogP contribution in [0.5, 0.6) is 0 Å². The number of likely N-dealkylation sites (tertiary alicyclic amines) is 1. The van der Waals surface area contributed by atoms with Crippen LogP contribution in [0.25, 0.3) is 0 Å². The molecular weight excluding hydrogens is 394 g/mol. The zero-order valence-electron chi connectivity index (χ0n) is 16.2. The van der Waals surface area contributed by atoms with Crippen LogP contribution >= 0.6 is 11.6 Å². The first-order valence-corrected chi connectivity index (χ1v) is 10.5. The largest absolute Gasteiger partial charge is 0.346 e. The zero-order chi connectivity index (χ0) is 20.4. The number of carbonyl (C=O) groups excluding carboxylic acids is 2. The minimum Gasteiger partial charge on any atom is -0.339 e. The second-order valence-electron chi connectivity index (χ2n) is 7.56. The van der Waals surface area contributed by atoms with Crippen molar-refractivity contribution in [2.24, 2.45) is 0 Å².